The predicted octanol–water partition coefficient (Wildman–Crippen LogP) is 0.595. The lowest BCUT2D eigenvalue weighted by molar-refractivity contribution is -0.158. The van der Waals surface area contributed by atoms with Crippen LogP contribution in [0.4, 0.5) is 0 Å². The Hall–Kier alpha value is -0.900. The molecule has 0 fully saturated rings. The maximum absolute atomic E-state index is 10.7. The molecule has 0 rings (SSSR count). The molecular formula is C8H15NO3. The summed E-state index contributed by atoms with van der Waals surface area (Å²) in [5.74, 6) is -0.988. The van der Waals surface area contributed by atoms with E-state index in [-0.39, 0.29) is 0 Å². The van der Waals surface area contributed by atoms with Crippen LogP contribution in [0.15, 0.2) is 0 Å². The normalized spacial score (nSPS) is 9.50. The van der Waals surface area contributed by atoms with Crippen molar-refractivity contribution in [1.82, 2.24) is 0 Å². The molecule has 4 nitrogen and oxygen atoms in total. The lowest BCUT2D eigenvalue weighted by Gasteiger charge is -1.98. The van der Waals surface area contributed by atoms with E-state index < -0.39 is 11.9 Å². The lowest BCUT2D eigenvalue weighted by atomic mass is 10.2. The van der Waals surface area contributed by atoms with Gasteiger partial charge in [0.1, 0.15) is 0 Å². The van der Waals surface area contributed by atoms with E-state index in [0.717, 1.165) is 19.3 Å². The number of carbonyl (C=O) groups excluding carboxylic acids is 2. The number of hydrogen-bond acceptors (Lipinski definition) is 4. The molecule has 70 valence electrons. The summed E-state index contributed by atoms with van der Waals surface area (Å²) in [7, 11) is 0. The summed E-state index contributed by atoms with van der Waals surface area (Å²) in [5, 5.41) is 0. The Labute approximate surface area is 72.1 Å². The van der Waals surface area contributed by atoms with Gasteiger partial charge in [0.15, 0.2) is 0 Å². The summed E-state index contributed by atoms with van der Waals surface area (Å²) >= 11 is 0. The molecule has 4 heteroatoms. The van der Waals surface area contributed by atoms with Crippen molar-refractivity contribution in [1.29, 1.82) is 0 Å². The molecule has 0 saturated carbocycles. The first-order chi connectivity index (χ1) is 5.66. The van der Waals surface area contributed by atoms with Gasteiger partial charge >= 0.3 is 11.9 Å². The van der Waals surface area contributed by atoms with Crippen molar-refractivity contribution < 1.29 is 14.3 Å². The molecule has 2 N–H and O–H groups in total. The zero-order valence-corrected chi connectivity index (χ0v) is 7.34. The molecule has 12 heavy (non-hydrogen) atoms. The molecule has 0 aromatic carbocycles. The van der Waals surface area contributed by atoms with Gasteiger partial charge in [-0.3, -0.25) is 9.59 Å². The summed E-state index contributed by atoms with van der Waals surface area (Å²) in [6.07, 6.45) is 2.86. The number of nitrogens with two attached hydrogens (primary N) is 1. The van der Waals surface area contributed by atoms with E-state index in [2.05, 4.69) is 4.74 Å². The van der Waals surface area contributed by atoms with Gasteiger partial charge in [0.05, 0.1) is 0 Å². The Kier molecular flexibility index (Phi) is 6.28. The van der Waals surface area contributed by atoms with E-state index in [1.165, 1.54) is 6.92 Å². The average molecular weight is 173 g/mol. The smallest absolute Gasteiger partial charge is 0.313 e. The van der Waals surface area contributed by atoms with Gasteiger partial charge in [0.2, 0.25) is 0 Å². The lowest BCUT2D eigenvalue weighted by Crippen LogP contribution is -2.08. The number of esters is 2. The fraction of sp³-hybridized carbons (Fsp3) is 0.750. The van der Waals surface area contributed by atoms with Crippen molar-refractivity contribution in [2.24, 2.45) is 5.73 Å². The Morgan fingerprint density at radius 2 is 1.92 bits per heavy atom. The maximum atomic E-state index is 10.7. The summed E-state index contributed by atoms with van der Waals surface area (Å²) in [6.45, 7) is 1.86. The van der Waals surface area contributed by atoms with Crippen LogP contribution in [-0.4, -0.2) is 18.5 Å². The number of rotatable bonds is 5. The molecule has 0 aliphatic heterocycles. The molecule has 0 unspecified atom stereocenters. The van der Waals surface area contributed by atoms with Crippen LogP contribution in [0, 0.1) is 0 Å². The van der Waals surface area contributed by atoms with E-state index in [9.17, 15) is 9.59 Å². The maximum Gasteiger partial charge on any atom is 0.313 e. The van der Waals surface area contributed by atoms with Crippen LogP contribution in [0.1, 0.15) is 32.6 Å². The van der Waals surface area contributed by atoms with Gasteiger partial charge in [-0.2, -0.15) is 0 Å². The van der Waals surface area contributed by atoms with Gasteiger partial charge in [-0.15, -0.1) is 0 Å². The molecule has 0 radical (unpaired) electrons. The fourth-order valence-electron chi connectivity index (χ4n) is 0.802. The number of unbranched alkanes of at least 4 members (excludes halogenated alkanes) is 2. The SMILES string of the molecule is CC(=O)OC(=O)CCCCCN. The van der Waals surface area contributed by atoms with E-state index >= 15 is 0 Å². The standard InChI is InChI=1S/C8H15NO3/c1-7(10)12-8(11)5-3-2-4-6-9/h2-6,9H2,1H3. The van der Waals surface area contributed by atoms with Crippen LogP contribution >= 0.6 is 0 Å². The summed E-state index contributed by atoms with van der Waals surface area (Å²) in [4.78, 5) is 21.0. The van der Waals surface area contributed by atoms with Gasteiger partial charge in [-0.25, -0.2) is 0 Å². The third-order valence-corrected chi connectivity index (χ3v) is 1.34. The second-order valence-electron chi connectivity index (χ2n) is 2.56. The first-order valence-electron chi connectivity index (χ1n) is 4.08. The quantitative estimate of drug-likeness (QED) is 0.375. The Bertz CT molecular complexity index is 156. The minimum absolute atomic E-state index is 0.305. The van der Waals surface area contributed by atoms with Crippen molar-refractivity contribution in [2.75, 3.05) is 6.54 Å². The fourth-order valence-corrected chi connectivity index (χ4v) is 0.802. The van der Waals surface area contributed by atoms with Gasteiger partial charge in [-0.05, 0) is 19.4 Å². The van der Waals surface area contributed by atoms with Crippen LogP contribution in [0.3, 0.4) is 0 Å². The molecule has 0 aliphatic carbocycles. The van der Waals surface area contributed by atoms with Crippen LogP contribution in [-0.2, 0) is 14.3 Å². The molecule has 0 spiro atoms. The van der Waals surface area contributed by atoms with Crippen molar-refractivity contribution in [3.05, 3.63) is 0 Å². The molecule has 0 aromatic rings. The second-order valence-corrected chi connectivity index (χ2v) is 2.56. The average Bonchev–Trinajstić information content (AvgIpc) is 1.97. The van der Waals surface area contributed by atoms with Crippen LogP contribution in [0.2, 0.25) is 0 Å². The topological polar surface area (TPSA) is 69.4 Å². The first-order valence-corrected chi connectivity index (χ1v) is 4.08. The highest BCUT2D eigenvalue weighted by molar-refractivity contribution is 5.83. The first kappa shape index (κ1) is 11.1. The number of ether oxygens (including phenoxy) is 1. The minimum atomic E-state index is -0.543. The Balaban J connectivity index is 3.26. The third kappa shape index (κ3) is 7.21. The van der Waals surface area contributed by atoms with Crippen molar-refractivity contribution in [3.8, 4) is 0 Å². The van der Waals surface area contributed by atoms with Crippen molar-refractivity contribution in [3.63, 3.8) is 0 Å². The molecular weight excluding hydrogens is 158 g/mol. The zero-order valence-electron chi connectivity index (χ0n) is 7.34. The van der Waals surface area contributed by atoms with Gasteiger partial charge in [-0.1, -0.05) is 6.42 Å². The second kappa shape index (κ2) is 6.79. The Morgan fingerprint density at radius 3 is 2.42 bits per heavy atom. The van der Waals surface area contributed by atoms with E-state index in [0.29, 0.717) is 13.0 Å². The highest BCUT2D eigenvalue weighted by Crippen LogP contribution is 2.00. The largest absolute Gasteiger partial charge is 0.393 e. The third-order valence-electron chi connectivity index (χ3n) is 1.34. The van der Waals surface area contributed by atoms with Gasteiger partial charge in [0, 0.05) is 13.3 Å². The number of hydrogen-bond donors (Lipinski definition) is 1. The molecule has 0 saturated heterocycles. The summed E-state index contributed by atoms with van der Waals surface area (Å²) in [6, 6.07) is 0. The van der Waals surface area contributed by atoms with E-state index in [4.69, 9.17) is 5.73 Å². The van der Waals surface area contributed by atoms with E-state index in [1.54, 1.807) is 0 Å². The molecule has 0 amide bonds. The Morgan fingerprint density at radius 1 is 1.25 bits per heavy atom. The van der Waals surface area contributed by atoms with Crippen LogP contribution in [0.5, 0.6) is 0 Å². The molecule has 0 atom stereocenters. The van der Waals surface area contributed by atoms with Gasteiger partial charge in [0.25, 0.3) is 0 Å². The van der Waals surface area contributed by atoms with E-state index in [1.807, 2.05) is 0 Å². The highest BCUT2D eigenvalue weighted by atomic mass is 16.6. The van der Waals surface area contributed by atoms with Crippen LogP contribution in [0.25, 0.3) is 0 Å². The van der Waals surface area contributed by atoms with Crippen molar-refractivity contribution >= 4 is 11.9 Å². The zero-order chi connectivity index (χ0) is 9.40. The molecule has 0 bridgehead atoms. The summed E-state index contributed by atoms with van der Waals surface area (Å²) < 4.78 is 4.32. The monoisotopic (exact) mass is 173 g/mol. The van der Waals surface area contributed by atoms with Crippen LogP contribution < -0.4 is 5.73 Å². The highest BCUT2D eigenvalue weighted by Gasteiger charge is 2.04. The molecule has 0 heterocycles. The molecule has 0 aliphatic rings. The minimum Gasteiger partial charge on any atom is -0.393 e. The predicted molar refractivity (Wildman–Crippen MR) is 44.3 cm³/mol. The van der Waals surface area contributed by atoms with Gasteiger partial charge < -0.3 is 10.5 Å². The summed E-state index contributed by atoms with van der Waals surface area (Å²) in [5.41, 5.74) is 5.26. The van der Waals surface area contributed by atoms with Crippen molar-refractivity contribution in [2.45, 2.75) is 32.6 Å². The molecule has 0 aromatic heterocycles. The number of carbonyl (C=O) groups is 2.